The number of ether oxygens (including phenoxy) is 1. The lowest BCUT2D eigenvalue weighted by Gasteiger charge is -2.06. The maximum absolute atomic E-state index is 11.8. The molecular formula is C9H17N3O2. The zero-order valence-electron chi connectivity index (χ0n) is 9.31. The molecule has 0 atom stereocenters. The van der Waals surface area contributed by atoms with Gasteiger partial charge in [0.2, 0.25) is 0 Å². The van der Waals surface area contributed by atoms with Crippen LogP contribution in [-0.2, 0) is 0 Å². The highest BCUT2D eigenvalue weighted by atomic mass is 16.5. The standard InChI is InChI=1S/C9H17N3O2/c1-6(2)11-8(14-5)10-12(7(3)4)9(11)13/h6-7H,1-5H3. The number of hydrogen-bond donors (Lipinski definition) is 0. The minimum Gasteiger partial charge on any atom is -0.467 e. The first kappa shape index (κ1) is 10.8. The van der Waals surface area contributed by atoms with Crippen molar-refractivity contribution in [3.05, 3.63) is 10.5 Å². The fourth-order valence-electron chi connectivity index (χ4n) is 1.29. The Kier molecular flexibility index (Phi) is 2.98. The second-order valence-corrected chi connectivity index (χ2v) is 3.77. The van der Waals surface area contributed by atoms with Gasteiger partial charge in [-0.1, -0.05) is 0 Å². The van der Waals surface area contributed by atoms with Gasteiger partial charge in [-0.3, -0.25) is 0 Å². The van der Waals surface area contributed by atoms with Gasteiger partial charge in [0.15, 0.2) is 0 Å². The second-order valence-electron chi connectivity index (χ2n) is 3.77. The van der Waals surface area contributed by atoms with Crippen LogP contribution in [0, 0.1) is 0 Å². The highest BCUT2D eigenvalue weighted by Crippen LogP contribution is 2.12. The molecule has 0 spiro atoms. The summed E-state index contributed by atoms with van der Waals surface area (Å²) < 4.78 is 8.02. The smallest absolute Gasteiger partial charge is 0.349 e. The summed E-state index contributed by atoms with van der Waals surface area (Å²) in [5.41, 5.74) is -0.119. The van der Waals surface area contributed by atoms with Crippen LogP contribution < -0.4 is 10.4 Å². The van der Waals surface area contributed by atoms with Crippen LogP contribution in [-0.4, -0.2) is 21.5 Å². The normalized spacial score (nSPS) is 11.4. The van der Waals surface area contributed by atoms with E-state index in [0.717, 1.165) is 0 Å². The van der Waals surface area contributed by atoms with Crippen molar-refractivity contribution < 1.29 is 4.74 Å². The number of methoxy groups -OCH3 is 1. The van der Waals surface area contributed by atoms with Crippen molar-refractivity contribution in [3.63, 3.8) is 0 Å². The summed E-state index contributed by atoms with van der Waals surface area (Å²) in [6, 6.07) is 0.486. The summed E-state index contributed by atoms with van der Waals surface area (Å²) in [5, 5.41) is 4.09. The lowest BCUT2D eigenvalue weighted by Crippen LogP contribution is -2.27. The molecule has 5 heteroatoms. The molecule has 1 aromatic rings. The van der Waals surface area contributed by atoms with Gasteiger partial charge in [-0.25, -0.2) is 14.0 Å². The molecule has 0 unspecified atom stereocenters. The molecule has 0 amide bonds. The van der Waals surface area contributed by atoms with Gasteiger partial charge in [0, 0.05) is 6.04 Å². The summed E-state index contributed by atoms with van der Waals surface area (Å²) in [6.45, 7) is 7.68. The molecule has 0 N–H and O–H groups in total. The molecule has 0 aliphatic heterocycles. The highest BCUT2D eigenvalue weighted by Gasteiger charge is 2.17. The van der Waals surface area contributed by atoms with Crippen LogP contribution >= 0.6 is 0 Å². The lowest BCUT2D eigenvalue weighted by molar-refractivity contribution is 0.341. The van der Waals surface area contributed by atoms with Crippen molar-refractivity contribution in [2.24, 2.45) is 0 Å². The van der Waals surface area contributed by atoms with E-state index in [1.807, 2.05) is 27.7 Å². The third-order valence-corrected chi connectivity index (χ3v) is 1.99. The minimum atomic E-state index is -0.119. The van der Waals surface area contributed by atoms with Crippen molar-refractivity contribution in [3.8, 4) is 6.01 Å². The van der Waals surface area contributed by atoms with Crippen LogP contribution in [0.4, 0.5) is 0 Å². The summed E-state index contributed by atoms with van der Waals surface area (Å²) in [7, 11) is 1.52. The Hall–Kier alpha value is -1.26. The largest absolute Gasteiger partial charge is 0.467 e. The quantitative estimate of drug-likeness (QED) is 0.735. The molecule has 0 saturated heterocycles. The first-order chi connectivity index (χ1) is 6.49. The van der Waals surface area contributed by atoms with Gasteiger partial charge in [0.1, 0.15) is 0 Å². The number of hydrogen-bond acceptors (Lipinski definition) is 3. The third-order valence-electron chi connectivity index (χ3n) is 1.99. The molecule has 0 bridgehead atoms. The first-order valence-corrected chi connectivity index (χ1v) is 4.74. The molecule has 0 aliphatic carbocycles. The topological polar surface area (TPSA) is 49.1 Å². The van der Waals surface area contributed by atoms with E-state index >= 15 is 0 Å². The molecule has 80 valence electrons. The van der Waals surface area contributed by atoms with Crippen molar-refractivity contribution in [2.45, 2.75) is 39.8 Å². The van der Waals surface area contributed by atoms with Gasteiger partial charge in [0.25, 0.3) is 0 Å². The van der Waals surface area contributed by atoms with Crippen LogP contribution in [0.15, 0.2) is 4.79 Å². The van der Waals surface area contributed by atoms with Crippen LogP contribution in [0.25, 0.3) is 0 Å². The molecule has 0 radical (unpaired) electrons. The zero-order valence-corrected chi connectivity index (χ0v) is 9.31. The van der Waals surface area contributed by atoms with Crippen LogP contribution in [0.2, 0.25) is 0 Å². The van der Waals surface area contributed by atoms with E-state index in [1.54, 1.807) is 4.57 Å². The van der Waals surface area contributed by atoms with Gasteiger partial charge in [-0.15, -0.1) is 5.10 Å². The number of aromatic nitrogens is 3. The van der Waals surface area contributed by atoms with Crippen LogP contribution in [0.5, 0.6) is 6.01 Å². The van der Waals surface area contributed by atoms with E-state index in [9.17, 15) is 4.79 Å². The van der Waals surface area contributed by atoms with Crippen molar-refractivity contribution in [1.82, 2.24) is 14.3 Å². The Morgan fingerprint density at radius 2 is 1.79 bits per heavy atom. The van der Waals surface area contributed by atoms with Crippen molar-refractivity contribution in [2.75, 3.05) is 7.11 Å². The summed E-state index contributed by atoms with van der Waals surface area (Å²) in [4.78, 5) is 11.8. The van der Waals surface area contributed by atoms with Gasteiger partial charge in [-0.2, -0.15) is 0 Å². The number of rotatable bonds is 3. The fourth-order valence-corrected chi connectivity index (χ4v) is 1.29. The maximum atomic E-state index is 11.8. The number of nitrogens with zero attached hydrogens (tertiary/aromatic N) is 3. The third kappa shape index (κ3) is 1.66. The average molecular weight is 199 g/mol. The monoisotopic (exact) mass is 199 g/mol. The Morgan fingerprint density at radius 3 is 2.07 bits per heavy atom. The van der Waals surface area contributed by atoms with Crippen molar-refractivity contribution in [1.29, 1.82) is 0 Å². The summed E-state index contributed by atoms with van der Waals surface area (Å²) in [5.74, 6) is 0. The van der Waals surface area contributed by atoms with Crippen molar-refractivity contribution >= 4 is 0 Å². The molecule has 0 aromatic carbocycles. The molecule has 1 rings (SSSR count). The minimum absolute atomic E-state index is 0.0522. The lowest BCUT2D eigenvalue weighted by atomic mass is 10.4. The van der Waals surface area contributed by atoms with E-state index in [2.05, 4.69) is 5.10 Å². The molecule has 1 heterocycles. The van der Waals surface area contributed by atoms with Crippen LogP contribution in [0.1, 0.15) is 39.8 Å². The summed E-state index contributed by atoms with van der Waals surface area (Å²) in [6.07, 6.45) is 0. The molecule has 0 aliphatic rings. The Bertz CT molecular complexity index is 363. The highest BCUT2D eigenvalue weighted by molar-refractivity contribution is 4.96. The first-order valence-electron chi connectivity index (χ1n) is 4.74. The van der Waals surface area contributed by atoms with E-state index in [1.165, 1.54) is 11.8 Å². The predicted octanol–water partition coefficient (Wildman–Crippen LogP) is 1.22. The maximum Gasteiger partial charge on any atom is 0.349 e. The predicted molar refractivity (Wildman–Crippen MR) is 53.8 cm³/mol. The molecule has 0 fully saturated rings. The Morgan fingerprint density at radius 1 is 1.21 bits per heavy atom. The zero-order chi connectivity index (χ0) is 10.9. The van der Waals surface area contributed by atoms with E-state index in [-0.39, 0.29) is 17.8 Å². The Balaban J connectivity index is 3.33. The van der Waals surface area contributed by atoms with Gasteiger partial charge >= 0.3 is 11.7 Å². The van der Waals surface area contributed by atoms with E-state index in [0.29, 0.717) is 6.01 Å². The molecule has 5 nitrogen and oxygen atoms in total. The average Bonchev–Trinajstić information content (AvgIpc) is 2.42. The molecule has 1 aromatic heterocycles. The Labute approximate surface area is 83.3 Å². The fraction of sp³-hybridized carbons (Fsp3) is 0.778. The molecule has 0 saturated carbocycles. The van der Waals surface area contributed by atoms with Crippen LogP contribution in [0.3, 0.4) is 0 Å². The second kappa shape index (κ2) is 3.86. The molecular weight excluding hydrogens is 182 g/mol. The van der Waals surface area contributed by atoms with Gasteiger partial charge in [-0.05, 0) is 27.7 Å². The van der Waals surface area contributed by atoms with Gasteiger partial charge in [0.05, 0.1) is 13.2 Å². The SMILES string of the molecule is COc1nn(C(C)C)c(=O)n1C(C)C. The van der Waals surface area contributed by atoms with E-state index < -0.39 is 0 Å². The van der Waals surface area contributed by atoms with Gasteiger partial charge < -0.3 is 4.74 Å². The molecule has 14 heavy (non-hydrogen) atoms. The summed E-state index contributed by atoms with van der Waals surface area (Å²) >= 11 is 0. The van der Waals surface area contributed by atoms with E-state index in [4.69, 9.17) is 4.74 Å².